The van der Waals surface area contributed by atoms with Crippen LogP contribution in [0.2, 0.25) is 0 Å². The molecule has 2 N–H and O–H groups in total. The van der Waals surface area contributed by atoms with E-state index in [1.165, 1.54) is 71.0 Å². The smallest absolute Gasteiger partial charge is 0.330 e. The van der Waals surface area contributed by atoms with Gasteiger partial charge in [0.25, 0.3) is 0 Å². The molecule has 2 unspecified atom stereocenters. The zero-order valence-electron chi connectivity index (χ0n) is 23.1. The summed E-state index contributed by atoms with van der Waals surface area (Å²) in [5, 5.41) is 16.5. The number of likely N-dealkylation sites (tertiary alicyclic amines) is 1. The van der Waals surface area contributed by atoms with E-state index in [0.29, 0.717) is 35.8 Å². The maximum absolute atomic E-state index is 12.6. The fourth-order valence-electron chi connectivity index (χ4n) is 10.7. The number of nitrogens with zero attached hydrogens (tertiary/aromatic N) is 1. The molecule has 5 heteroatoms. The SMILES string of the molecule is CC1([C@H]2CC[C@]3(O)[C@@H]4CC[C@@H]5CC(NCCN6CCCC6)CC[C@]5(C)[C@H]4CC[C@]23C)C=CC(=O)OC1. The van der Waals surface area contributed by atoms with Crippen LogP contribution in [0, 0.1) is 39.9 Å². The number of fused-ring (bicyclic) bond motifs is 5. The van der Waals surface area contributed by atoms with Crippen molar-refractivity contribution in [1.82, 2.24) is 10.2 Å². The highest BCUT2D eigenvalue weighted by atomic mass is 16.5. The molecule has 0 aromatic heterocycles. The lowest BCUT2D eigenvalue weighted by molar-refractivity contribution is -0.214. The molecule has 0 aromatic carbocycles. The van der Waals surface area contributed by atoms with Crippen LogP contribution >= 0.6 is 0 Å². The predicted octanol–water partition coefficient (Wildman–Crippen LogP) is 4.93. The first-order chi connectivity index (χ1) is 17.2. The molecule has 6 rings (SSSR count). The van der Waals surface area contributed by atoms with E-state index >= 15 is 0 Å². The van der Waals surface area contributed by atoms with E-state index < -0.39 is 5.60 Å². The van der Waals surface area contributed by atoms with Crippen LogP contribution in [0.5, 0.6) is 0 Å². The summed E-state index contributed by atoms with van der Waals surface area (Å²) in [6, 6.07) is 0.677. The minimum Gasteiger partial charge on any atom is -0.462 e. The van der Waals surface area contributed by atoms with Gasteiger partial charge < -0.3 is 20.1 Å². The standard InChI is InChI=1S/C31H50N2O3/c1-28(12-11-27(34)36-21-28)26-10-15-31(35)25-7-6-22-20-23(32-16-19-33-17-4-5-18-33)8-13-29(22,2)24(25)9-14-30(26,31)3/h11-12,22-26,32,35H,4-10,13-21H2,1-3H3/t22-,23?,24+,25-,26-,28?,29+,30-,31+/m1/s1. The lowest BCUT2D eigenvalue weighted by Gasteiger charge is -2.64. The molecule has 202 valence electrons. The van der Waals surface area contributed by atoms with Gasteiger partial charge in [0.15, 0.2) is 0 Å². The van der Waals surface area contributed by atoms with Gasteiger partial charge in [-0.3, -0.25) is 0 Å². The van der Waals surface area contributed by atoms with Gasteiger partial charge in [-0.15, -0.1) is 0 Å². The van der Waals surface area contributed by atoms with Crippen molar-refractivity contribution >= 4 is 5.97 Å². The fraction of sp³-hybridized carbons (Fsp3) is 0.903. The lowest BCUT2D eigenvalue weighted by Crippen LogP contribution is -2.63. The summed E-state index contributed by atoms with van der Waals surface area (Å²) in [4.78, 5) is 14.3. The molecular weight excluding hydrogens is 448 g/mol. The summed E-state index contributed by atoms with van der Waals surface area (Å²) in [5.74, 6) is 2.00. The van der Waals surface area contributed by atoms with E-state index in [0.717, 1.165) is 31.7 Å². The number of hydrogen-bond acceptors (Lipinski definition) is 5. The van der Waals surface area contributed by atoms with Crippen LogP contribution in [0.3, 0.4) is 0 Å². The summed E-state index contributed by atoms with van der Waals surface area (Å²) in [6.07, 6.45) is 17.2. The van der Waals surface area contributed by atoms with Crippen molar-refractivity contribution in [3.05, 3.63) is 12.2 Å². The molecule has 0 aromatic rings. The van der Waals surface area contributed by atoms with Gasteiger partial charge in [-0.2, -0.15) is 0 Å². The third-order valence-electron chi connectivity index (χ3n) is 12.8. The third-order valence-corrected chi connectivity index (χ3v) is 12.8. The van der Waals surface area contributed by atoms with Crippen LogP contribution in [-0.2, 0) is 9.53 Å². The molecule has 1 saturated heterocycles. The van der Waals surface area contributed by atoms with Gasteiger partial charge in [0.05, 0.1) is 5.60 Å². The van der Waals surface area contributed by atoms with Crippen molar-refractivity contribution in [3.63, 3.8) is 0 Å². The van der Waals surface area contributed by atoms with Crippen molar-refractivity contribution in [2.24, 2.45) is 39.9 Å². The number of cyclic esters (lactones) is 1. The Morgan fingerprint density at radius 1 is 1.03 bits per heavy atom. The maximum atomic E-state index is 12.6. The number of rotatable bonds is 5. The normalized spacial score (nSPS) is 50.9. The Morgan fingerprint density at radius 2 is 1.83 bits per heavy atom. The first kappa shape index (κ1) is 25.4. The minimum atomic E-state index is -0.586. The Morgan fingerprint density at radius 3 is 2.58 bits per heavy atom. The maximum Gasteiger partial charge on any atom is 0.330 e. The van der Waals surface area contributed by atoms with Crippen LogP contribution in [0.25, 0.3) is 0 Å². The Hall–Kier alpha value is -0.910. The van der Waals surface area contributed by atoms with Crippen molar-refractivity contribution in [1.29, 1.82) is 0 Å². The van der Waals surface area contributed by atoms with Gasteiger partial charge in [0, 0.05) is 36.0 Å². The average molecular weight is 499 g/mol. The Labute approximate surface area is 218 Å². The van der Waals surface area contributed by atoms with Crippen LogP contribution in [0.1, 0.15) is 91.4 Å². The van der Waals surface area contributed by atoms with Crippen molar-refractivity contribution in [3.8, 4) is 0 Å². The molecule has 0 spiro atoms. The highest BCUT2D eigenvalue weighted by Crippen LogP contribution is 2.71. The molecule has 4 saturated carbocycles. The van der Waals surface area contributed by atoms with E-state index in [1.54, 1.807) is 6.08 Å². The number of carbonyl (C=O) groups excluding carboxylic acids is 1. The van der Waals surface area contributed by atoms with Gasteiger partial charge >= 0.3 is 5.97 Å². The minimum absolute atomic E-state index is 0.103. The molecule has 0 bridgehead atoms. The zero-order valence-corrected chi connectivity index (χ0v) is 23.1. The summed E-state index contributed by atoms with van der Waals surface area (Å²) in [7, 11) is 0. The molecule has 2 heterocycles. The molecule has 6 aliphatic rings. The van der Waals surface area contributed by atoms with E-state index in [1.807, 2.05) is 0 Å². The number of aliphatic hydroxyl groups is 1. The van der Waals surface area contributed by atoms with Crippen LogP contribution in [-0.4, -0.2) is 60.4 Å². The molecule has 4 aliphatic carbocycles. The Kier molecular flexibility index (Phi) is 6.40. The first-order valence-corrected chi connectivity index (χ1v) is 15.2. The number of ether oxygens (including phenoxy) is 1. The largest absolute Gasteiger partial charge is 0.462 e. The lowest BCUT2D eigenvalue weighted by atomic mass is 9.42. The molecule has 5 nitrogen and oxygen atoms in total. The van der Waals surface area contributed by atoms with Gasteiger partial charge in [-0.1, -0.05) is 26.8 Å². The average Bonchev–Trinajstić information content (AvgIpc) is 3.47. The quantitative estimate of drug-likeness (QED) is 0.526. The molecule has 0 radical (unpaired) electrons. The van der Waals surface area contributed by atoms with Crippen LogP contribution in [0.15, 0.2) is 12.2 Å². The number of hydrogen-bond donors (Lipinski definition) is 2. The second kappa shape index (κ2) is 9.09. The predicted molar refractivity (Wildman–Crippen MR) is 142 cm³/mol. The molecule has 5 fully saturated rings. The third kappa shape index (κ3) is 3.85. The van der Waals surface area contributed by atoms with Crippen molar-refractivity contribution in [2.75, 3.05) is 32.8 Å². The number of esters is 1. The van der Waals surface area contributed by atoms with E-state index in [4.69, 9.17) is 4.74 Å². The van der Waals surface area contributed by atoms with Gasteiger partial charge in [-0.25, -0.2) is 4.79 Å². The van der Waals surface area contributed by atoms with Crippen LogP contribution in [0.4, 0.5) is 0 Å². The topological polar surface area (TPSA) is 61.8 Å². The fourth-order valence-corrected chi connectivity index (χ4v) is 10.7. The molecular formula is C31H50N2O3. The Bertz CT molecular complexity index is 885. The highest BCUT2D eigenvalue weighted by molar-refractivity contribution is 5.83. The molecule has 36 heavy (non-hydrogen) atoms. The molecule has 0 amide bonds. The van der Waals surface area contributed by atoms with E-state index in [9.17, 15) is 9.90 Å². The van der Waals surface area contributed by atoms with Crippen molar-refractivity contribution in [2.45, 2.75) is 103 Å². The summed E-state index contributed by atoms with van der Waals surface area (Å²) >= 11 is 0. The summed E-state index contributed by atoms with van der Waals surface area (Å²) < 4.78 is 5.51. The van der Waals surface area contributed by atoms with Crippen LogP contribution < -0.4 is 5.32 Å². The van der Waals surface area contributed by atoms with E-state index in [-0.39, 0.29) is 16.8 Å². The molecule has 9 atom stereocenters. The second-order valence-electron chi connectivity index (χ2n) is 14.4. The summed E-state index contributed by atoms with van der Waals surface area (Å²) in [5.41, 5.74) is -0.485. The highest BCUT2D eigenvalue weighted by Gasteiger charge is 2.69. The Balaban J connectivity index is 1.14. The number of carbonyl (C=O) groups is 1. The zero-order chi connectivity index (χ0) is 25.2. The van der Waals surface area contributed by atoms with Crippen molar-refractivity contribution < 1.29 is 14.6 Å². The monoisotopic (exact) mass is 498 g/mol. The van der Waals surface area contributed by atoms with E-state index in [2.05, 4.69) is 37.1 Å². The second-order valence-corrected chi connectivity index (χ2v) is 14.4. The summed E-state index contributed by atoms with van der Waals surface area (Å²) in [6.45, 7) is 12.6. The van der Waals surface area contributed by atoms with Gasteiger partial charge in [0.2, 0.25) is 0 Å². The first-order valence-electron chi connectivity index (χ1n) is 15.2. The number of nitrogens with one attached hydrogen (secondary N) is 1. The van der Waals surface area contributed by atoms with Gasteiger partial charge in [0.1, 0.15) is 6.61 Å². The van der Waals surface area contributed by atoms with Gasteiger partial charge in [-0.05, 0) is 113 Å². The molecule has 2 aliphatic heterocycles.